The number of rotatable bonds is 5. The van der Waals surface area contributed by atoms with Crippen LogP contribution in [0.25, 0.3) is 0 Å². The summed E-state index contributed by atoms with van der Waals surface area (Å²) in [5.41, 5.74) is 2.47. The number of methoxy groups -OCH3 is 2. The van der Waals surface area contributed by atoms with Crippen LogP contribution in [0, 0.1) is 0 Å². The molecular weight excluding hydrogens is 368 g/mol. The Labute approximate surface area is 158 Å². The van der Waals surface area contributed by atoms with Crippen molar-refractivity contribution in [2.75, 3.05) is 36.6 Å². The number of nitrogens with one attached hydrogen (secondary N) is 1. The Bertz CT molecular complexity index is 950. The number of anilines is 2. The highest BCUT2D eigenvalue weighted by molar-refractivity contribution is 7.92. The van der Waals surface area contributed by atoms with Crippen LogP contribution in [0.3, 0.4) is 0 Å². The van der Waals surface area contributed by atoms with Crippen molar-refractivity contribution in [3.05, 3.63) is 47.5 Å². The summed E-state index contributed by atoms with van der Waals surface area (Å²) in [6.07, 6.45) is 2.77. The minimum absolute atomic E-state index is 0.339. The molecule has 7 nitrogen and oxygen atoms in total. The first kappa shape index (κ1) is 19.0. The van der Waals surface area contributed by atoms with Gasteiger partial charge in [0.15, 0.2) is 0 Å². The molecule has 0 atom stereocenters. The van der Waals surface area contributed by atoms with Gasteiger partial charge >= 0.3 is 0 Å². The predicted octanol–water partition coefficient (Wildman–Crippen LogP) is 2.67. The molecule has 2 aromatic carbocycles. The number of hydrogen-bond acceptors (Lipinski definition) is 5. The van der Waals surface area contributed by atoms with Crippen LogP contribution in [0.15, 0.2) is 36.4 Å². The number of ether oxygens (including phenoxy) is 2. The minimum atomic E-state index is -3.37. The van der Waals surface area contributed by atoms with Gasteiger partial charge in [-0.2, -0.15) is 0 Å². The van der Waals surface area contributed by atoms with Crippen molar-refractivity contribution in [1.29, 1.82) is 0 Å². The summed E-state index contributed by atoms with van der Waals surface area (Å²) in [7, 11) is -0.340. The number of fused-ring (bicyclic) bond motifs is 1. The molecule has 3 rings (SSSR count). The Morgan fingerprint density at radius 1 is 1.07 bits per heavy atom. The fourth-order valence-electron chi connectivity index (χ4n) is 3.11. The largest absolute Gasteiger partial charge is 0.497 e. The first-order valence-corrected chi connectivity index (χ1v) is 10.3. The topological polar surface area (TPSA) is 84.9 Å². The summed E-state index contributed by atoms with van der Waals surface area (Å²) in [5, 5.41) is 2.81. The third-order valence-corrected chi connectivity index (χ3v) is 5.61. The van der Waals surface area contributed by atoms with E-state index in [2.05, 4.69) is 5.32 Å². The monoisotopic (exact) mass is 390 g/mol. The molecule has 8 heteroatoms. The summed E-state index contributed by atoms with van der Waals surface area (Å²) < 4.78 is 35.9. The van der Waals surface area contributed by atoms with Crippen LogP contribution >= 0.6 is 0 Å². The van der Waals surface area contributed by atoms with E-state index in [1.165, 1.54) is 24.8 Å². The molecule has 0 bridgehead atoms. The fourth-order valence-corrected chi connectivity index (χ4v) is 4.09. The normalized spacial score (nSPS) is 13.7. The minimum Gasteiger partial charge on any atom is -0.497 e. The molecule has 0 unspecified atom stereocenters. The second-order valence-corrected chi connectivity index (χ2v) is 8.24. The number of carbonyl (C=O) groups excluding carboxylic acids is 1. The van der Waals surface area contributed by atoms with Crippen molar-refractivity contribution in [3.63, 3.8) is 0 Å². The van der Waals surface area contributed by atoms with E-state index in [9.17, 15) is 13.2 Å². The van der Waals surface area contributed by atoms with Gasteiger partial charge in [0.05, 0.1) is 26.2 Å². The Balaban J connectivity index is 1.90. The van der Waals surface area contributed by atoms with Gasteiger partial charge in [-0.25, -0.2) is 8.42 Å². The quantitative estimate of drug-likeness (QED) is 0.848. The van der Waals surface area contributed by atoms with Gasteiger partial charge in [-0.1, -0.05) is 6.07 Å². The van der Waals surface area contributed by atoms with E-state index >= 15 is 0 Å². The highest BCUT2D eigenvalue weighted by Crippen LogP contribution is 2.32. The molecular formula is C19H22N2O5S. The number of aryl methyl sites for hydroxylation is 1. The number of hydrogen-bond donors (Lipinski definition) is 1. The number of carbonyl (C=O) groups is 1. The molecule has 1 aliphatic heterocycles. The summed E-state index contributed by atoms with van der Waals surface area (Å²) in [6, 6.07) is 10.2. The molecule has 1 heterocycles. The van der Waals surface area contributed by atoms with Gasteiger partial charge in [-0.15, -0.1) is 0 Å². The highest BCUT2D eigenvalue weighted by atomic mass is 32.2. The molecule has 1 aliphatic rings. The maximum Gasteiger partial charge on any atom is 0.255 e. The van der Waals surface area contributed by atoms with Crippen molar-refractivity contribution in [2.24, 2.45) is 0 Å². The van der Waals surface area contributed by atoms with E-state index in [4.69, 9.17) is 9.47 Å². The van der Waals surface area contributed by atoms with E-state index < -0.39 is 10.0 Å². The van der Waals surface area contributed by atoms with Crippen LogP contribution in [-0.4, -0.2) is 41.3 Å². The average molecular weight is 390 g/mol. The van der Waals surface area contributed by atoms with E-state index in [0.29, 0.717) is 35.0 Å². The van der Waals surface area contributed by atoms with Gasteiger partial charge in [-0.3, -0.25) is 9.10 Å². The van der Waals surface area contributed by atoms with Gasteiger partial charge in [0.25, 0.3) is 5.91 Å². The molecule has 0 saturated heterocycles. The lowest BCUT2D eigenvalue weighted by molar-refractivity contribution is 0.102. The van der Waals surface area contributed by atoms with E-state index in [1.54, 1.807) is 30.3 Å². The van der Waals surface area contributed by atoms with Crippen molar-refractivity contribution < 1.29 is 22.7 Å². The van der Waals surface area contributed by atoms with Gasteiger partial charge < -0.3 is 14.8 Å². The second-order valence-electron chi connectivity index (χ2n) is 6.34. The predicted molar refractivity (Wildman–Crippen MR) is 104 cm³/mol. The van der Waals surface area contributed by atoms with Gasteiger partial charge in [0.2, 0.25) is 10.0 Å². The van der Waals surface area contributed by atoms with Gasteiger partial charge in [0.1, 0.15) is 11.5 Å². The average Bonchev–Trinajstić information content (AvgIpc) is 2.66. The number of benzene rings is 2. The van der Waals surface area contributed by atoms with Crippen molar-refractivity contribution in [3.8, 4) is 11.5 Å². The number of amides is 1. The van der Waals surface area contributed by atoms with Crippen LogP contribution in [0.4, 0.5) is 11.4 Å². The molecule has 2 aromatic rings. The molecule has 0 aromatic heterocycles. The Kier molecular flexibility index (Phi) is 5.27. The second kappa shape index (κ2) is 7.48. The lowest BCUT2D eigenvalue weighted by Gasteiger charge is -2.29. The zero-order valence-electron chi connectivity index (χ0n) is 15.5. The smallest absolute Gasteiger partial charge is 0.255 e. The number of nitrogens with zero attached hydrogens (tertiary/aromatic N) is 1. The van der Waals surface area contributed by atoms with Crippen molar-refractivity contribution >= 4 is 27.3 Å². The number of sulfonamides is 1. The molecule has 0 saturated carbocycles. The van der Waals surface area contributed by atoms with Crippen LogP contribution < -0.4 is 19.1 Å². The molecule has 27 heavy (non-hydrogen) atoms. The lowest BCUT2D eigenvalue weighted by atomic mass is 10.0. The maximum atomic E-state index is 12.6. The third kappa shape index (κ3) is 4.16. The lowest BCUT2D eigenvalue weighted by Crippen LogP contribution is -2.34. The van der Waals surface area contributed by atoms with Gasteiger partial charge in [-0.05, 0) is 42.7 Å². The van der Waals surface area contributed by atoms with Crippen LogP contribution in [-0.2, 0) is 16.4 Å². The maximum absolute atomic E-state index is 12.6. The van der Waals surface area contributed by atoms with Crippen LogP contribution in [0.1, 0.15) is 22.3 Å². The van der Waals surface area contributed by atoms with Gasteiger partial charge in [0, 0.05) is 23.9 Å². The summed E-state index contributed by atoms with van der Waals surface area (Å²) in [5.74, 6) is 0.676. The zero-order chi connectivity index (χ0) is 19.6. The molecule has 144 valence electrons. The van der Waals surface area contributed by atoms with Crippen LogP contribution in [0.5, 0.6) is 11.5 Å². The SMILES string of the molecule is COc1cc(OC)cc(C(=O)Nc2ccc3c(c2)N(S(C)(=O)=O)CCC3)c1. The molecule has 1 amide bonds. The summed E-state index contributed by atoms with van der Waals surface area (Å²) >= 11 is 0. The van der Waals surface area contributed by atoms with Crippen molar-refractivity contribution in [1.82, 2.24) is 0 Å². The highest BCUT2D eigenvalue weighted by Gasteiger charge is 2.24. The fraction of sp³-hybridized carbons (Fsp3) is 0.316. The standard InChI is InChI=1S/C19H22N2O5S/c1-25-16-9-14(10-17(12-16)26-2)19(22)20-15-7-6-13-5-4-8-21(18(13)11-15)27(3,23)24/h6-7,9-12H,4-5,8H2,1-3H3,(H,20,22). The zero-order valence-corrected chi connectivity index (χ0v) is 16.3. The Morgan fingerprint density at radius 3 is 2.33 bits per heavy atom. The van der Waals surface area contributed by atoms with Crippen molar-refractivity contribution in [2.45, 2.75) is 12.8 Å². The Hall–Kier alpha value is -2.74. The summed E-state index contributed by atoms with van der Waals surface area (Å²) in [4.78, 5) is 12.6. The van der Waals surface area contributed by atoms with Crippen LogP contribution in [0.2, 0.25) is 0 Å². The molecule has 0 aliphatic carbocycles. The summed E-state index contributed by atoms with van der Waals surface area (Å²) in [6.45, 7) is 0.441. The third-order valence-electron chi connectivity index (χ3n) is 4.43. The molecule has 1 N–H and O–H groups in total. The van der Waals surface area contributed by atoms with E-state index in [-0.39, 0.29) is 5.91 Å². The Morgan fingerprint density at radius 2 is 1.74 bits per heavy atom. The first-order valence-electron chi connectivity index (χ1n) is 8.47. The molecule has 0 fully saturated rings. The van der Waals surface area contributed by atoms with E-state index in [0.717, 1.165) is 18.4 Å². The molecule has 0 radical (unpaired) electrons. The molecule has 0 spiro atoms. The first-order chi connectivity index (χ1) is 12.8. The van der Waals surface area contributed by atoms with E-state index in [1.807, 2.05) is 6.07 Å².